The molecule has 0 N–H and O–H groups in total. The first-order chi connectivity index (χ1) is 4.33. The largest absolute Gasteiger partial charge is 0.501 e. The molecule has 0 aromatic rings. The third-order valence-electron chi connectivity index (χ3n) is 1.82. The van der Waals surface area contributed by atoms with Crippen LogP contribution in [-0.4, -0.2) is 7.11 Å². The van der Waals surface area contributed by atoms with Gasteiger partial charge in [-0.3, -0.25) is 0 Å². The van der Waals surface area contributed by atoms with E-state index in [9.17, 15) is 0 Å². The Bertz CT molecular complexity index is 116. The molecular weight excluding hydrogens is 112 g/mol. The van der Waals surface area contributed by atoms with Gasteiger partial charge in [0.1, 0.15) is 0 Å². The van der Waals surface area contributed by atoms with Gasteiger partial charge in [0.2, 0.25) is 0 Å². The average Bonchev–Trinajstić information content (AvgIpc) is 1.88. The van der Waals surface area contributed by atoms with Crippen LogP contribution < -0.4 is 0 Å². The number of ether oxygens (including phenoxy) is 1. The van der Waals surface area contributed by atoms with Crippen LogP contribution in [0.4, 0.5) is 0 Å². The minimum absolute atomic E-state index is 0.730. The molecule has 0 amide bonds. The number of allylic oxidation sites excluding steroid dienone is 2. The lowest BCUT2D eigenvalue weighted by atomic mass is 9.97. The molecule has 1 aliphatic rings. The molecule has 0 saturated carbocycles. The van der Waals surface area contributed by atoms with Crippen LogP contribution >= 0.6 is 0 Å². The molecule has 1 aliphatic carbocycles. The Morgan fingerprint density at radius 3 is 2.89 bits per heavy atom. The van der Waals surface area contributed by atoms with E-state index in [1.807, 2.05) is 0 Å². The Morgan fingerprint density at radius 2 is 2.44 bits per heavy atom. The average molecular weight is 126 g/mol. The van der Waals surface area contributed by atoms with Crippen molar-refractivity contribution in [2.75, 3.05) is 7.11 Å². The molecule has 9 heavy (non-hydrogen) atoms. The van der Waals surface area contributed by atoms with Crippen molar-refractivity contribution in [2.24, 2.45) is 5.92 Å². The second-order valence-corrected chi connectivity index (χ2v) is 2.71. The molecule has 0 aliphatic heterocycles. The van der Waals surface area contributed by atoms with Gasteiger partial charge in [0.15, 0.2) is 0 Å². The second-order valence-electron chi connectivity index (χ2n) is 2.71. The molecule has 1 nitrogen and oxygen atoms in total. The van der Waals surface area contributed by atoms with Crippen molar-refractivity contribution in [3.8, 4) is 0 Å². The Kier molecular flexibility index (Phi) is 2.15. The van der Waals surface area contributed by atoms with E-state index in [-0.39, 0.29) is 0 Å². The Balaban J connectivity index is 2.49. The van der Waals surface area contributed by atoms with E-state index in [1.165, 1.54) is 18.6 Å². The van der Waals surface area contributed by atoms with Gasteiger partial charge in [0.05, 0.1) is 12.9 Å². The van der Waals surface area contributed by atoms with Crippen LogP contribution in [0.25, 0.3) is 0 Å². The molecule has 0 bridgehead atoms. The van der Waals surface area contributed by atoms with Crippen LogP contribution in [0.15, 0.2) is 11.8 Å². The molecule has 0 heterocycles. The fourth-order valence-electron chi connectivity index (χ4n) is 1.25. The maximum absolute atomic E-state index is 5.12. The van der Waals surface area contributed by atoms with Gasteiger partial charge >= 0.3 is 0 Å². The van der Waals surface area contributed by atoms with Gasteiger partial charge in [0.25, 0.3) is 0 Å². The lowest BCUT2D eigenvalue weighted by Gasteiger charge is -2.15. The van der Waals surface area contributed by atoms with E-state index < -0.39 is 0 Å². The van der Waals surface area contributed by atoms with E-state index in [4.69, 9.17) is 4.74 Å². The summed E-state index contributed by atoms with van der Waals surface area (Å²) in [6.45, 7) is 2.23. The zero-order chi connectivity index (χ0) is 6.69. The number of rotatable bonds is 1. The second kappa shape index (κ2) is 2.90. The zero-order valence-corrected chi connectivity index (χ0v) is 6.18. The molecule has 0 saturated heterocycles. The molecule has 1 heteroatoms. The third-order valence-corrected chi connectivity index (χ3v) is 1.82. The lowest BCUT2D eigenvalue weighted by Crippen LogP contribution is -2.01. The molecule has 1 atom stereocenters. The van der Waals surface area contributed by atoms with Gasteiger partial charge in [0, 0.05) is 6.42 Å². The van der Waals surface area contributed by atoms with Crippen molar-refractivity contribution >= 4 is 0 Å². The lowest BCUT2D eigenvalue weighted by molar-refractivity contribution is 0.259. The van der Waals surface area contributed by atoms with Gasteiger partial charge in [-0.15, -0.1) is 0 Å². The SMILES string of the molecule is COC1=CC(C)CCC1. The molecule has 0 spiro atoms. The molecule has 1 rings (SSSR count). The Labute approximate surface area is 56.7 Å². The van der Waals surface area contributed by atoms with E-state index in [2.05, 4.69) is 13.0 Å². The normalized spacial score (nSPS) is 27.3. The van der Waals surface area contributed by atoms with Gasteiger partial charge in [-0.2, -0.15) is 0 Å². The van der Waals surface area contributed by atoms with Crippen molar-refractivity contribution in [2.45, 2.75) is 26.2 Å². The summed E-state index contributed by atoms with van der Waals surface area (Å²) in [6, 6.07) is 0. The fraction of sp³-hybridized carbons (Fsp3) is 0.750. The molecule has 0 radical (unpaired) electrons. The van der Waals surface area contributed by atoms with Crippen molar-refractivity contribution in [3.63, 3.8) is 0 Å². The highest BCUT2D eigenvalue weighted by atomic mass is 16.5. The van der Waals surface area contributed by atoms with E-state index >= 15 is 0 Å². The van der Waals surface area contributed by atoms with Gasteiger partial charge in [-0.05, 0) is 24.8 Å². The maximum atomic E-state index is 5.12. The summed E-state index contributed by atoms with van der Waals surface area (Å²) in [5, 5.41) is 0. The summed E-state index contributed by atoms with van der Waals surface area (Å²) in [5.74, 6) is 1.91. The molecule has 0 aromatic heterocycles. The first kappa shape index (κ1) is 6.66. The highest BCUT2D eigenvalue weighted by molar-refractivity contribution is 4.99. The minimum Gasteiger partial charge on any atom is -0.501 e. The van der Waals surface area contributed by atoms with Crippen molar-refractivity contribution in [3.05, 3.63) is 11.8 Å². The molecule has 52 valence electrons. The fourth-order valence-corrected chi connectivity index (χ4v) is 1.25. The van der Waals surface area contributed by atoms with Crippen LogP contribution in [0.5, 0.6) is 0 Å². The summed E-state index contributed by atoms with van der Waals surface area (Å²) >= 11 is 0. The maximum Gasteiger partial charge on any atom is 0.0918 e. The van der Waals surface area contributed by atoms with E-state index in [0.717, 1.165) is 12.3 Å². The Morgan fingerprint density at radius 1 is 1.67 bits per heavy atom. The van der Waals surface area contributed by atoms with E-state index in [1.54, 1.807) is 7.11 Å². The molecule has 0 aromatic carbocycles. The van der Waals surface area contributed by atoms with Crippen LogP contribution in [0.3, 0.4) is 0 Å². The smallest absolute Gasteiger partial charge is 0.0918 e. The summed E-state index contributed by atoms with van der Waals surface area (Å²) in [7, 11) is 1.75. The van der Waals surface area contributed by atoms with Gasteiger partial charge in [-0.25, -0.2) is 0 Å². The highest BCUT2D eigenvalue weighted by Crippen LogP contribution is 2.21. The van der Waals surface area contributed by atoms with Crippen molar-refractivity contribution in [1.29, 1.82) is 0 Å². The van der Waals surface area contributed by atoms with Crippen molar-refractivity contribution in [1.82, 2.24) is 0 Å². The van der Waals surface area contributed by atoms with Crippen LogP contribution in [0.1, 0.15) is 26.2 Å². The summed E-state index contributed by atoms with van der Waals surface area (Å²) in [5.41, 5.74) is 0. The summed E-state index contributed by atoms with van der Waals surface area (Å²) in [6.07, 6.45) is 5.98. The predicted molar refractivity (Wildman–Crippen MR) is 38.1 cm³/mol. The first-order valence-electron chi connectivity index (χ1n) is 3.57. The quantitative estimate of drug-likeness (QED) is 0.524. The molecular formula is C8H14O. The highest BCUT2D eigenvalue weighted by Gasteiger charge is 2.08. The van der Waals surface area contributed by atoms with Gasteiger partial charge < -0.3 is 4.74 Å². The van der Waals surface area contributed by atoms with Crippen LogP contribution in [0, 0.1) is 5.92 Å². The summed E-state index contributed by atoms with van der Waals surface area (Å²) < 4.78 is 5.12. The van der Waals surface area contributed by atoms with Crippen molar-refractivity contribution < 1.29 is 4.74 Å². The topological polar surface area (TPSA) is 9.23 Å². The number of hydrogen-bond donors (Lipinski definition) is 0. The van der Waals surface area contributed by atoms with E-state index in [0.29, 0.717) is 0 Å². The first-order valence-corrected chi connectivity index (χ1v) is 3.57. The third kappa shape index (κ3) is 1.74. The summed E-state index contributed by atoms with van der Waals surface area (Å²) in [4.78, 5) is 0. The Hall–Kier alpha value is -0.460. The standard InChI is InChI=1S/C8H14O/c1-7-4-3-5-8(6-7)9-2/h6-7H,3-5H2,1-2H3. The molecule has 1 unspecified atom stereocenters. The predicted octanol–water partition coefficient (Wildman–Crippen LogP) is 2.34. The van der Waals surface area contributed by atoms with Crippen LogP contribution in [-0.2, 0) is 4.74 Å². The monoisotopic (exact) mass is 126 g/mol. The minimum atomic E-state index is 0.730. The number of methoxy groups -OCH3 is 1. The number of hydrogen-bond acceptors (Lipinski definition) is 1. The van der Waals surface area contributed by atoms with Crippen LogP contribution in [0.2, 0.25) is 0 Å². The molecule has 0 fully saturated rings. The van der Waals surface area contributed by atoms with Gasteiger partial charge in [-0.1, -0.05) is 6.92 Å². The zero-order valence-electron chi connectivity index (χ0n) is 6.18.